The van der Waals surface area contributed by atoms with Crippen LogP contribution in [0.3, 0.4) is 0 Å². The molecule has 3 aromatic heterocycles. The van der Waals surface area contributed by atoms with Crippen LogP contribution in [0.2, 0.25) is 0 Å². The van der Waals surface area contributed by atoms with Crippen molar-refractivity contribution in [2.75, 3.05) is 25.0 Å². The number of nitrogens with zero attached hydrogens (tertiary/aromatic N) is 5. The van der Waals surface area contributed by atoms with E-state index >= 15 is 0 Å². The van der Waals surface area contributed by atoms with Gasteiger partial charge in [-0.15, -0.1) is 0 Å². The Hall–Kier alpha value is -2.93. The summed E-state index contributed by atoms with van der Waals surface area (Å²) in [5.74, 6) is 0.484. The van der Waals surface area contributed by atoms with Crippen molar-refractivity contribution < 1.29 is 4.79 Å². The van der Waals surface area contributed by atoms with E-state index in [4.69, 9.17) is 0 Å². The molecule has 0 radical (unpaired) electrons. The van der Waals surface area contributed by atoms with Crippen molar-refractivity contribution in [2.45, 2.75) is 12.8 Å². The first-order valence-electron chi connectivity index (χ1n) is 8.34. The van der Waals surface area contributed by atoms with Crippen LogP contribution in [-0.2, 0) is 4.79 Å². The number of pyridine rings is 2. The Balaban J connectivity index is 1.55. The predicted octanol–water partition coefficient (Wildman–Crippen LogP) is 2.12. The SMILES string of the molecule is O=C(CN1CCCC1)Nc1cc2nc(-c3ccnnc3)ccc2cn1. The lowest BCUT2D eigenvalue weighted by molar-refractivity contribution is -0.117. The summed E-state index contributed by atoms with van der Waals surface area (Å²) < 4.78 is 0. The van der Waals surface area contributed by atoms with Crippen LogP contribution >= 0.6 is 0 Å². The van der Waals surface area contributed by atoms with Crippen molar-refractivity contribution in [1.82, 2.24) is 25.1 Å². The van der Waals surface area contributed by atoms with Gasteiger partial charge in [0.25, 0.3) is 0 Å². The van der Waals surface area contributed by atoms with Gasteiger partial charge in [0.2, 0.25) is 5.91 Å². The molecule has 0 unspecified atom stereocenters. The van der Waals surface area contributed by atoms with E-state index in [1.807, 2.05) is 18.2 Å². The number of carbonyl (C=O) groups is 1. The van der Waals surface area contributed by atoms with E-state index in [0.29, 0.717) is 12.4 Å². The molecule has 0 saturated carbocycles. The highest BCUT2D eigenvalue weighted by Gasteiger charge is 2.15. The Morgan fingerprint density at radius 2 is 2.00 bits per heavy atom. The second-order valence-corrected chi connectivity index (χ2v) is 6.12. The summed E-state index contributed by atoms with van der Waals surface area (Å²) in [7, 11) is 0. The second-order valence-electron chi connectivity index (χ2n) is 6.12. The van der Waals surface area contributed by atoms with Gasteiger partial charge in [-0.2, -0.15) is 10.2 Å². The number of carbonyl (C=O) groups excluding carboxylic acids is 1. The highest BCUT2D eigenvalue weighted by molar-refractivity contribution is 5.93. The number of amides is 1. The largest absolute Gasteiger partial charge is 0.310 e. The van der Waals surface area contributed by atoms with Crippen molar-refractivity contribution in [3.05, 3.63) is 42.9 Å². The van der Waals surface area contributed by atoms with Crippen LogP contribution in [0.15, 0.2) is 42.9 Å². The van der Waals surface area contributed by atoms with E-state index in [2.05, 4.69) is 30.4 Å². The maximum Gasteiger partial charge on any atom is 0.239 e. The van der Waals surface area contributed by atoms with Gasteiger partial charge in [-0.3, -0.25) is 9.69 Å². The average Bonchev–Trinajstić information content (AvgIpc) is 3.14. The van der Waals surface area contributed by atoms with Crippen LogP contribution in [0, 0.1) is 0 Å². The number of nitrogens with one attached hydrogen (secondary N) is 1. The number of fused-ring (bicyclic) bond motifs is 1. The molecule has 1 amide bonds. The minimum Gasteiger partial charge on any atom is -0.310 e. The molecule has 0 bridgehead atoms. The van der Waals surface area contributed by atoms with Crippen molar-refractivity contribution in [3.8, 4) is 11.3 Å². The first-order valence-corrected chi connectivity index (χ1v) is 8.34. The first-order chi connectivity index (χ1) is 12.3. The summed E-state index contributed by atoms with van der Waals surface area (Å²) in [6, 6.07) is 7.55. The van der Waals surface area contributed by atoms with Gasteiger partial charge in [-0.1, -0.05) is 0 Å². The fourth-order valence-corrected chi connectivity index (χ4v) is 3.01. The van der Waals surface area contributed by atoms with Crippen LogP contribution in [-0.4, -0.2) is 50.6 Å². The summed E-state index contributed by atoms with van der Waals surface area (Å²) in [5.41, 5.74) is 2.48. The minimum atomic E-state index is -0.0387. The zero-order valence-electron chi connectivity index (χ0n) is 13.7. The van der Waals surface area contributed by atoms with Gasteiger partial charge >= 0.3 is 0 Å². The second kappa shape index (κ2) is 6.90. The third kappa shape index (κ3) is 3.61. The van der Waals surface area contributed by atoms with Crippen LogP contribution in [0.25, 0.3) is 22.2 Å². The molecule has 1 N–H and O–H groups in total. The van der Waals surface area contributed by atoms with E-state index in [1.54, 1.807) is 24.7 Å². The molecule has 0 spiro atoms. The summed E-state index contributed by atoms with van der Waals surface area (Å²) >= 11 is 0. The predicted molar refractivity (Wildman–Crippen MR) is 94.9 cm³/mol. The monoisotopic (exact) mass is 334 g/mol. The Labute approximate surface area is 145 Å². The molecule has 0 atom stereocenters. The maximum absolute atomic E-state index is 12.2. The Kier molecular flexibility index (Phi) is 4.30. The Morgan fingerprint density at radius 1 is 1.12 bits per heavy atom. The van der Waals surface area contributed by atoms with Gasteiger partial charge in [0.15, 0.2) is 0 Å². The zero-order valence-corrected chi connectivity index (χ0v) is 13.7. The lowest BCUT2D eigenvalue weighted by Gasteiger charge is -2.13. The van der Waals surface area contributed by atoms with Crippen molar-refractivity contribution in [1.29, 1.82) is 0 Å². The molecule has 25 heavy (non-hydrogen) atoms. The number of hydrogen-bond acceptors (Lipinski definition) is 6. The van der Waals surface area contributed by atoms with Gasteiger partial charge in [0.05, 0.1) is 30.1 Å². The molecule has 1 saturated heterocycles. The molecule has 0 aliphatic carbocycles. The first kappa shape index (κ1) is 15.6. The van der Waals surface area contributed by atoms with Crippen LogP contribution in [0.1, 0.15) is 12.8 Å². The smallest absolute Gasteiger partial charge is 0.239 e. The lowest BCUT2D eigenvalue weighted by atomic mass is 10.1. The third-order valence-electron chi connectivity index (χ3n) is 4.29. The highest BCUT2D eigenvalue weighted by Crippen LogP contribution is 2.21. The van der Waals surface area contributed by atoms with Gasteiger partial charge in [-0.25, -0.2) is 9.97 Å². The Bertz CT molecular complexity index is 892. The van der Waals surface area contributed by atoms with E-state index in [1.165, 1.54) is 0 Å². The lowest BCUT2D eigenvalue weighted by Crippen LogP contribution is -2.31. The molecule has 126 valence electrons. The maximum atomic E-state index is 12.2. The van der Waals surface area contributed by atoms with Gasteiger partial charge < -0.3 is 5.32 Å². The molecule has 3 aromatic rings. The van der Waals surface area contributed by atoms with Crippen LogP contribution < -0.4 is 5.32 Å². The number of hydrogen-bond donors (Lipinski definition) is 1. The average molecular weight is 334 g/mol. The molecule has 7 heteroatoms. The van der Waals surface area contributed by atoms with Gasteiger partial charge in [-0.05, 0) is 44.1 Å². The van der Waals surface area contributed by atoms with Crippen molar-refractivity contribution >= 4 is 22.6 Å². The number of likely N-dealkylation sites (tertiary alicyclic amines) is 1. The molecule has 1 aliphatic rings. The van der Waals surface area contributed by atoms with E-state index in [9.17, 15) is 4.79 Å². The quantitative estimate of drug-likeness (QED) is 0.787. The third-order valence-corrected chi connectivity index (χ3v) is 4.29. The van der Waals surface area contributed by atoms with Crippen molar-refractivity contribution in [3.63, 3.8) is 0 Å². The molecule has 0 aromatic carbocycles. The Morgan fingerprint density at radius 3 is 2.80 bits per heavy atom. The highest BCUT2D eigenvalue weighted by atomic mass is 16.2. The van der Waals surface area contributed by atoms with E-state index in [-0.39, 0.29) is 5.91 Å². The fourth-order valence-electron chi connectivity index (χ4n) is 3.01. The van der Waals surface area contributed by atoms with Gasteiger partial charge in [0, 0.05) is 23.2 Å². The zero-order chi connectivity index (χ0) is 17.1. The molecule has 1 aliphatic heterocycles. The topological polar surface area (TPSA) is 83.9 Å². The summed E-state index contributed by atoms with van der Waals surface area (Å²) in [4.78, 5) is 23.3. The van der Waals surface area contributed by atoms with Crippen molar-refractivity contribution in [2.24, 2.45) is 0 Å². The van der Waals surface area contributed by atoms with Crippen LogP contribution in [0.5, 0.6) is 0 Å². The van der Waals surface area contributed by atoms with E-state index < -0.39 is 0 Å². The number of aromatic nitrogens is 4. The normalized spacial score (nSPS) is 14.7. The minimum absolute atomic E-state index is 0.0387. The molecule has 4 heterocycles. The summed E-state index contributed by atoms with van der Waals surface area (Å²) in [6.45, 7) is 2.39. The molecule has 4 rings (SSSR count). The fraction of sp³-hybridized carbons (Fsp3) is 0.278. The van der Waals surface area contributed by atoms with Crippen LogP contribution in [0.4, 0.5) is 5.82 Å². The van der Waals surface area contributed by atoms with Gasteiger partial charge in [0.1, 0.15) is 5.82 Å². The van der Waals surface area contributed by atoms with E-state index in [0.717, 1.165) is 48.1 Å². The standard InChI is InChI=1S/C18H18N6O/c25-18(12-24-7-1-2-8-24)23-17-9-16-13(10-19-17)3-4-15(22-16)14-5-6-20-21-11-14/h3-6,9-11H,1-2,7-8,12H2,(H,19,23,25). The summed E-state index contributed by atoms with van der Waals surface area (Å²) in [5, 5.41) is 11.5. The number of anilines is 1. The molecular weight excluding hydrogens is 316 g/mol. The molecule has 7 nitrogen and oxygen atoms in total. The molecular formula is C18H18N6O. The number of rotatable bonds is 4. The summed E-state index contributed by atoms with van der Waals surface area (Å²) in [6.07, 6.45) is 7.37. The molecule has 1 fully saturated rings.